The molecule has 2 rings (SSSR count). The molecule has 0 spiro atoms. The third-order valence-electron chi connectivity index (χ3n) is 4.12. The Morgan fingerprint density at radius 3 is 2.20 bits per heavy atom. The molecule has 0 atom stereocenters. The average Bonchev–Trinajstić information content (AvgIpc) is 2.47. The molecule has 0 unspecified atom stereocenters. The Morgan fingerprint density at radius 2 is 1.68 bits per heavy atom. The summed E-state index contributed by atoms with van der Waals surface area (Å²) in [5.41, 5.74) is -0.403. The normalized spacial score (nSPS) is 23.0. The van der Waals surface area contributed by atoms with Gasteiger partial charge in [0.2, 0.25) is 0 Å². The Hall–Kier alpha value is -1.57. The SMILES string of the molecule is Cc1ccc(C(F)(F)OC2CCC(C=C(F)C(F)(F)F)CC2)c(F)c1. The molecule has 0 bridgehead atoms. The van der Waals surface area contributed by atoms with E-state index in [1.165, 1.54) is 6.07 Å². The van der Waals surface area contributed by atoms with Crippen molar-refractivity contribution in [2.75, 3.05) is 0 Å². The van der Waals surface area contributed by atoms with Crippen LogP contribution in [0.3, 0.4) is 0 Å². The molecule has 8 heteroatoms. The van der Waals surface area contributed by atoms with Crippen LogP contribution in [0.5, 0.6) is 0 Å². The molecule has 0 aliphatic heterocycles. The average molecular weight is 370 g/mol. The Bertz CT molecular complexity index is 628. The minimum Gasteiger partial charge on any atom is -0.313 e. The lowest BCUT2D eigenvalue weighted by Gasteiger charge is -2.30. The maximum Gasteiger partial charge on any atom is 0.442 e. The number of halogens is 7. The fraction of sp³-hybridized carbons (Fsp3) is 0.529. The lowest BCUT2D eigenvalue weighted by atomic mass is 9.87. The maximum atomic E-state index is 14.1. The first-order chi connectivity index (χ1) is 11.5. The van der Waals surface area contributed by atoms with Gasteiger partial charge in [-0.25, -0.2) is 8.78 Å². The van der Waals surface area contributed by atoms with E-state index in [9.17, 15) is 30.7 Å². The molecule has 0 amide bonds. The van der Waals surface area contributed by atoms with Gasteiger partial charge in [-0.3, -0.25) is 0 Å². The zero-order chi connectivity index (χ0) is 18.8. The second-order valence-corrected chi connectivity index (χ2v) is 6.17. The number of hydrogen-bond donors (Lipinski definition) is 0. The summed E-state index contributed by atoms with van der Waals surface area (Å²) in [6.45, 7) is 1.56. The van der Waals surface area contributed by atoms with Gasteiger partial charge in [-0.2, -0.15) is 22.0 Å². The standard InChI is InChI=1S/C17H17F7O/c1-10-2-7-13(14(18)8-10)17(23,24)25-12-5-3-11(4-6-12)9-15(19)16(20,21)22/h2,7-9,11-12H,3-6H2,1H3. The number of rotatable bonds is 4. The highest BCUT2D eigenvalue weighted by Gasteiger charge is 2.40. The van der Waals surface area contributed by atoms with Crippen molar-refractivity contribution in [2.45, 2.75) is 51.0 Å². The summed E-state index contributed by atoms with van der Waals surface area (Å²) in [6.07, 6.45) is -9.10. The molecule has 0 radical (unpaired) electrons. The molecule has 0 N–H and O–H groups in total. The molecule has 0 saturated heterocycles. The minimum atomic E-state index is -5.04. The third-order valence-corrected chi connectivity index (χ3v) is 4.12. The fourth-order valence-corrected chi connectivity index (χ4v) is 2.80. The molecule has 1 aromatic carbocycles. The third kappa shape index (κ3) is 5.20. The number of alkyl halides is 5. The maximum absolute atomic E-state index is 14.1. The molecular formula is C17H17F7O. The smallest absolute Gasteiger partial charge is 0.313 e. The van der Waals surface area contributed by atoms with E-state index >= 15 is 0 Å². The number of benzene rings is 1. The Balaban J connectivity index is 1.97. The van der Waals surface area contributed by atoms with Gasteiger partial charge in [-0.1, -0.05) is 6.07 Å². The van der Waals surface area contributed by atoms with E-state index in [1.54, 1.807) is 6.92 Å². The number of aryl methyl sites for hydroxylation is 1. The molecule has 1 aromatic rings. The van der Waals surface area contributed by atoms with E-state index in [2.05, 4.69) is 0 Å². The van der Waals surface area contributed by atoms with Crippen molar-refractivity contribution in [1.29, 1.82) is 0 Å². The van der Waals surface area contributed by atoms with Gasteiger partial charge in [-0.15, -0.1) is 0 Å². The van der Waals surface area contributed by atoms with Crippen molar-refractivity contribution in [3.63, 3.8) is 0 Å². The van der Waals surface area contributed by atoms with Crippen LogP contribution < -0.4 is 0 Å². The van der Waals surface area contributed by atoms with E-state index in [1.807, 2.05) is 0 Å². The first kappa shape index (κ1) is 19.8. The van der Waals surface area contributed by atoms with Crippen LogP contribution in [-0.2, 0) is 10.8 Å². The summed E-state index contributed by atoms with van der Waals surface area (Å²) in [6, 6.07) is 3.24. The predicted molar refractivity (Wildman–Crippen MR) is 77.1 cm³/mol. The number of allylic oxidation sites excluding steroid dienone is 2. The predicted octanol–water partition coefficient (Wildman–Crippen LogP) is 6.17. The largest absolute Gasteiger partial charge is 0.442 e. The molecule has 1 saturated carbocycles. The minimum absolute atomic E-state index is 0.0371. The molecule has 0 heterocycles. The molecular weight excluding hydrogens is 353 g/mol. The second kappa shape index (κ2) is 7.35. The monoisotopic (exact) mass is 370 g/mol. The lowest BCUT2D eigenvalue weighted by molar-refractivity contribution is -0.279. The van der Waals surface area contributed by atoms with Crippen LogP contribution in [0.25, 0.3) is 0 Å². The summed E-state index contributed by atoms with van der Waals surface area (Å²) < 4.78 is 96.0. The Morgan fingerprint density at radius 1 is 1.08 bits per heavy atom. The van der Waals surface area contributed by atoms with Gasteiger partial charge in [0.1, 0.15) is 5.82 Å². The molecule has 0 aromatic heterocycles. The van der Waals surface area contributed by atoms with Crippen molar-refractivity contribution in [3.8, 4) is 0 Å². The van der Waals surface area contributed by atoms with Crippen molar-refractivity contribution in [1.82, 2.24) is 0 Å². The van der Waals surface area contributed by atoms with Gasteiger partial charge in [0.05, 0.1) is 11.7 Å². The molecule has 25 heavy (non-hydrogen) atoms. The van der Waals surface area contributed by atoms with E-state index < -0.39 is 41.5 Å². The Labute approximate surface area is 140 Å². The highest BCUT2D eigenvalue weighted by atomic mass is 19.4. The van der Waals surface area contributed by atoms with Gasteiger partial charge in [0, 0.05) is 0 Å². The highest BCUT2D eigenvalue weighted by Crippen LogP contribution is 2.38. The fourth-order valence-electron chi connectivity index (χ4n) is 2.80. The van der Waals surface area contributed by atoms with E-state index in [4.69, 9.17) is 4.74 Å². The van der Waals surface area contributed by atoms with Crippen LogP contribution in [0.1, 0.15) is 36.8 Å². The van der Waals surface area contributed by atoms with Crippen LogP contribution in [0.4, 0.5) is 30.7 Å². The summed E-state index contributed by atoms with van der Waals surface area (Å²) >= 11 is 0. The first-order valence-electron chi connectivity index (χ1n) is 7.76. The van der Waals surface area contributed by atoms with Crippen LogP contribution in [0.2, 0.25) is 0 Å². The van der Waals surface area contributed by atoms with Crippen LogP contribution >= 0.6 is 0 Å². The Kier molecular flexibility index (Phi) is 5.81. The molecule has 140 valence electrons. The van der Waals surface area contributed by atoms with Gasteiger partial charge in [0.15, 0.2) is 5.83 Å². The van der Waals surface area contributed by atoms with Crippen molar-refractivity contribution in [3.05, 3.63) is 47.0 Å². The zero-order valence-electron chi connectivity index (χ0n) is 13.3. The summed E-state index contributed by atoms with van der Waals surface area (Å²) in [5, 5.41) is 0. The van der Waals surface area contributed by atoms with Crippen molar-refractivity contribution < 1.29 is 35.5 Å². The van der Waals surface area contributed by atoms with E-state index in [0.29, 0.717) is 11.6 Å². The summed E-state index contributed by atoms with van der Waals surface area (Å²) in [7, 11) is 0. The summed E-state index contributed by atoms with van der Waals surface area (Å²) in [5.74, 6) is -3.95. The molecule has 1 fully saturated rings. The highest BCUT2D eigenvalue weighted by molar-refractivity contribution is 5.25. The number of ether oxygens (including phenoxy) is 1. The van der Waals surface area contributed by atoms with Gasteiger partial charge in [-0.05, 0) is 62.3 Å². The van der Waals surface area contributed by atoms with Crippen LogP contribution in [0.15, 0.2) is 30.1 Å². The topological polar surface area (TPSA) is 9.23 Å². The van der Waals surface area contributed by atoms with E-state index in [-0.39, 0.29) is 25.7 Å². The molecule has 1 aliphatic rings. The van der Waals surface area contributed by atoms with Crippen LogP contribution in [-0.4, -0.2) is 12.3 Å². The quantitative estimate of drug-likeness (QED) is 0.576. The molecule has 1 nitrogen and oxygen atoms in total. The van der Waals surface area contributed by atoms with Crippen LogP contribution in [0, 0.1) is 18.7 Å². The number of hydrogen-bond acceptors (Lipinski definition) is 1. The first-order valence-corrected chi connectivity index (χ1v) is 7.76. The lowest BCUT2D eigenvalue weighted by Crippen LogP contribution is -2.30. The zero-order valence-corrected chi connectivity index (χ0v) is 13.3. The van der Waals surface area contributed by atoms with Crippen molar-refractivity contribution in [2.24, 2.45) is 5.92 Å². The van der Waals surface area contributed by atoms with E-state index in [0.717, 1.165) is 12.1 Å². The van der Waals surface area contributed by atoms with Gasteiger partial charge >= 0.3 is 12.3 Å². The van der Waals surface area contributed by atoms with Gasteiger partial charge in [0.25, 0.3) is 0 Å². The van der Waals surface area contributed by atoms with Gasteiger partial charge < -0.3 is 4.74 Å². The summed E-state index contributed by atoms with van der Waals surface area (Å²) in [4.78, 5) is 0. The van der Waals surface area contributed by atoms with Crippen molar-refractivity contribution >= 4 is 0 Å². The molecule has 1 aliphatic carbocycles. The second-order valence-electron chi connectivity index (χ2n) is 6.17.